The molecule has 0 amide bonds. The first-order chi connectivity index (χ1) is 15.3. The lowest BCUT2D eigenvalue weighted by Gasteiger charge is -2.38. The van der Waals surface area contributed by atoms with Crippen molar-refractivity contribution in [3.05, 3.63) is 66.2 Å². The predicted molar refractivity (Wildman–Crippen MR) is 129 cm³/mol. The highest BCUT2D eigenvalue weighted by Crippen LogP contribution is 2.44. The van der Waals surface area contributed by atoms with Crippen LogP contribution >= 0.6 is 0 Å². The third-order valence-electron chi connectivity index (χ3n) is 6.50. The van der Waals surface area contributed by atoms with E-state index in [9.17, 15) is 9.90 Å². The Morgan fingerprint density at radius 2 is 1.75 bits per heavy atom. The molecule has 0 saturated heterocycles. The van der Waals surface area contributed by atoms with E-state index in [2.05, 4.69) is 44.5 Å². The van der Waals surface area contributed by atoms with Gasteiger partial charge >= 0.3 is 5.97 Å². The van der Waals surface area contributed by atoms with Crippen LogP contribution < -0.4 is 9.80 Å². The van der Waals surface area contributed by atoms with E-state index in [1.807, 2.05) is 42.5 Å². The molecule has 4 rings (SSSR count). The molecule has 0 aliphatic heterocycles. The van der Waals surface area contributed by atoms with Crippen LogP contribution in [-0.4, -0.2) is 41.7 Å². The van der Waals surface area contributed by atoms with Gasteiger partial charge in [-0.2, -0.15) is 4.98 Å². The van der Waals surface area contributed by atoms with Crippen molar-refractivity contribution >= 4 is 23.4 Å². The van der Waals surface area contributed by atoms with Gasteiger partial charge in [0.05, 0.1) is 31.7 Å². The summed E-state index contributed by atoms with van der Waals surface area (Å²) in [5.74, 6) is 0.746. The number of carboxylic acid groups (broad SMARTS) is 1. The second kappa shape index (κ2) is 8.71. The van der Waals surface area contributed by atoms with Gasteiger partial charge in [0, 0.05) is 17.3 Å². The van der Waals surface area contributed by atoms with Gasteiger partial charge in [0.1, 0.15) is 0 Å². The van der Waals surface area contributed by atoms with E-state index >= 15 is 0 Å². The number of anilines is 2. The fourth-order valence-corrected chi connectivity index (χ4v) is 4.39. The van der Waals surface area contributed by atoms with Crippen LogP contribution in [0.25, 0.3) is 11.3 Å². The minimum Gasteiger partial charge on any atom is -0.481 e. The van der Waals surface area contributed by atoms with Crippen LogP contribution in [0.1, 0.15) is 38.2 Å². The van der Waals surface area contributed by atoms with E-state index in [0.29, 0.717) is 23.3 Å². The normalized spacial score (nSPS) is 15.1. The lowest BCUT2D eigenvalue weighted by molar-refractivity contribution is -0.147. The molecule has 1 saturated carbocycles. The smallest absolute Gasteiger partial charge is 0.314 e. The first kappa shape index (κ1) is 22.0. The van der Waals surface area contributed by atoms with E-state index in [1.54, 1.807) is 0 Å². The molecule has 0 bridgehead atoms. The van der Waals surface area contributed by atoms with Gasteiger partial charge in [-0.1, -0.05) is 55.8 Å². The topological polar surface area (TPSA) is 75.1 Å². The zero-order chi connectivity index (χ0) is 22.8. The molecular weight excluding hydrogens is 400 g/mol. The van der Waals surface area contributed by atoms with Crippen LogP contribution in [-0.2, 0) is 10.2 Å². The number of rotatable bonds is 8. The number of carbonyl (C=O) groups is 1. The Balaban J connectivity index is 1.66. The van der Waals surface area contributed by atoms with Crippen LogP contribution in [0.2, 0.25) is 0 Å². The summed E-state index contributed by atoms with van der Waals surface area (Å²) in [6.45, 7) is 3.14. The zero-order valence-corrected chi connectivity index (χ0v) is 19.0. The van der Waals surface area contributed by atoms with Crippen molar-refractivity contribution in [3.8, 4) is 11.3 Å². The Kier molecular flexibility index (Phi) is 5.98. The molecule has 3 aromatic rings. The van der Waals surface area contributed by atoms with Crippen LogP contribution in [0.4, 0.5) is 17.5 Å². The Bertz CT molecular complexity index is 1090. The summed E-state index contributed by atoms with van der Waals surface area (Å²) in [5.41, 5.74) is 2.89. The first-order valence-electron chi connectivity index (χ1n) is 11.2. The van der Waals surface area contributed by atoms with Crippen molar-refractivity contribution in [1.82, 2.24) is 14.5 Å². The summed E-state index contributed by atoms with van der Waals surface area (Å²) >= 11 is 0. The quantitative estimate of drug-likeness (QED) is 0.469. The molecule has 6 heteroatoms. The number of aliphatic carboxylic acids is 1. The summed E-state index contributed by atoms with van der Waals surface area (Å²) in [7, 11) is 4.31. The molecule has 6 nitrogen and oxygen atoms in total. The summed E-state index contributed by atoms with van der Waals surface area (Å²) in [6.07, 6.45) is 3.41. The second-order valence-corrected chi connectivity index (χ2v) is 9.15. The lowest BCUT2D eigenvalue weighted by atomic mass is 9.64. The van der Waals surface area contributed by atoms with E-state index in [4.69, 9.17) is 9.97 Å². The van der Waals surface area contributed by atoms with Crippen molar-refractivity contribution in [2.24, 2.45) is 0 Å². The molecule has 0 atom stereocenters. The van der Waals surface area contributed by atoms with Crippen molar-refractivity contribution in [2.45, 2.75) is 38.0 Å². The van der Waals surface area contributed by atoms with Crippen molar-refractivity contribution in [3.63, 3.8) is 0 Å². The molecule has 1 aliphatic carbocycles. The van der Waals surface area contributed by atoms with Gasteiger partial charge in [-0.3, -0.25) is 9.28 Å². The number of quaternary nitrogens is 1. The zero-order valence-electron chi connectivity index (χ0n) is 19.0. The molecule has 1 aromatic heterocycles. The number of benzene rings is 2. The summed E-state index contributed by atoms with van der Waals surface area (Å²) in [6, 6.07) is 19.8. The minimum absolute atomic E-state index is 0.535. The van der Waals surface area contributed by atoms with E-state index in [0.717, 1.165) is 47.7 Å². The summed E-state index contributed by atoms with van der Waals surface area (Å²) in [4.78, 5) is 21.4. The summed E-state index contributed by atoms with van der Waals surface area (Å²) in [5, 5.41) is 13.0. The first-order valence-corrected chi connectivity index (χ1v) is 11.2. The van der Waals surface area contributed by atoms with E-state index < -0.39 is 11.4 Å². The predicted octanol–water partition coefficient (Wildman–Crippen LogP) is 5.37. The maximum atomic E-state index is 11.8. The van der Waals surface area contributed by atoms with Crippen LogP contribution in [0.5, 0.6) is 0 Å². The highest BCUT2D eigenvalue weighted by atomic mass is 16.4. The second-order valence-electron chi connectivity index (χ2n) is 9.15. The number of nitrogens with one attached hydrogen (secondary N) is 1. The van der Waals surface area contributed by atoms with Gasteiger partial charge in [0.2, 0.25) is 11.8 Å². The van der Waals surface area contributed by atoms with Crippen molar-refractivity contribution in [1.29, 1.82) is 0 Å². The molecular formula is C26H31N4O2+. The number of carboxylic acids is 1. The fourth-order valence-electron chi connectivity index (χ4n) is 4.39. The lowest BCUT2D eigenvalue weighted by Crippen LogP contribution is -2.42. The van der Waals surface area contributed by atoms with Gasteiger partial charge in [0.15, 0.2) is 0 Å². The Labute approximate surface area is 189 Å². The monoisotopic (exact) mass is 431 g/mol. The standard InChI is InChI=1S/C26H30N4O2/c1-4-17-30(2,3)23-18-22(19-9-6-5-7-10-19)28-25(29-23)27-21-13-11-20(12-14-21)26(24(31)32)15-8-16-26/h5-7,9-14,18H,4,8,15-17H2,1-3H3,(H-,27,28,29,31,32)/p+1. The van der Waals surface area contributed by atoms with E-state index in [1.165, 1.54) is 0 Å². The summed E-state index contributed by atoms with van der Waals surface area (Å²) < 4.78 is 0.660. The molecule has 0 unspecified atom stereocenters. The van der Waals surface area contributed by atoms with Gasteiger partial charge in [-0.15, -0.1) is 0 Å². The number of hydrogen-bond acceptors (Lipinski definition) is 4. The van der Waals surface area contributed by atoms with Crippen LogP contribution in [0.3, 0.4) is 0 Å². The van der Waals surface area contributed by atoms with Gasteiger partial charge < -0.3 is 10.4 Å². The largest absolute Gasteiger partial charge is 0.481 e. The average Bonchev–Trinajstić information content (AvgIpc) is 2.74. The van der Waals surface area contributed by atoms with Crippen molar-refractivity contribution in [2.75, 3.05) is 26.0 Å². The number of hydrogen-bond donors (Lipinski definition) is 2. The third-order valence-corrected chi connectivity index (χ3v) is 6.50. The molecule has 1 aliphatic rings. The maximum Gasteiger partial charge on any atom is 0.314 e. The molecule has 32 heavy (non-hydrogen) atoms. The molecule has 2 aromatic carbocycles. The average molecular weight is 432 g/mol. The maximum absolute atomic E-state index is 11.8. The highest BCUT2D eigenvalue weighted by Gasteiger charge is 2.45. The molecule has 2 N–H and O–H groups in total. The number of aromatic nitrogens is 2. The minimum atomic E-state index is -0.732. The number of nitrogens with zero attached hydrogens (tertiary/aromatic N) is 3. The Morgan fingerprint density at radius 3 is 2.31 bits per heavy atom. The van der Waals surface area contributed by atoms with Crippen LogP contribution in [0, 0.1) is 0 Å². The SMILES string of the molecule is CCC[N+](C)(C)c1cc(-c2ccccc2)nc(Nc2ccc(C3(C(=O)O)CCC3)cc2)n1. The van der Waals surface area contributed by atoms with Gasteiger partial charge in [-0.05, 0) is 37.0 Å². The molecule has 166 valence electrons. The van der Waals surface area contributed by atoms with Gasteiger partial charge in [-0.25, -0.2) is 4.98 Å². The molecule has 1 heterocycles. The third kappa shape index (κ3) is 4.23. The van der Waals surface area contributed by atoms with Crippen LogP contribution in [0.15, 0.2) is 60.7 Å². The Morgan fingerprint density at radius 1 is 1.06 bits per heavy atom. The van der Waals surface area contributed by atoms with Crippen molar-refractivity contribution < 1.29 is 9.90 Å². The fraction of sp³-hybridized carbons (Fsp3) is 0.346. The van der Waals surface area contributed by atoms with E-state index in [-0.39, 0.29) is 0 Å². The molecule has 0 radical (unpaired) electrons. The highest BCUT2D eigenvalue weighted by molar-refractivity contribution is 5.82. The molecule has 1 fully saturated rings. The molecule has 0 spiro atoms. The van der Waals surface area contributed by atoms with Gasteiger partial charge in [0.25, 0.3) is 0 Å². The Hall–Kier alpha value is -3.25.